The molecule has 36 heavy (non-hydrogen) atoms. The van der Waals surface area contributed by atoms with Crippen molar-refractivity contribution < 1.29 is 23.8 Å². The van der Waals surface area contributed by atoms with Crippen LogP contribution in [0, 0.1) is 18.2 Å². The van der Waals surface area contributed by atoms with Crippen molar-refractivity contribution in [3.05, 3.63) is 82.9 Å². The average Bonchev–Trinajstić information content (AvgIpc) is 3.37. The second-order valence-corrected chi connectivity index (χ2v) is 10.1. The topological polar surface area (TPSA) is 73.6 Å². The fraction of sp³-hybridized carbons (Fsp3) is 0.310. The van der Waals surface area contributed by atoms with Crippen LogP contribution in [-0.2, 0) is 15.9 Å². The Morgan fingerprint density at radius 1 is 1.22 bits per heavy atom. The number of halogens is 1. The molecule has 0 aliphatic carbocycles. The van der Waals surface area contributed by atoms with Crippen LogP contribution in [0.1, 0.15) is 47.2 Å². The van der Waals surface area contributed by atoms with Crippen molar-refractivity contribution in [2.45, 2.75) is 33.2 Å². The summed E-state index contributed by atoms with van der Waals surface area (Å²) in [6.45, 7) is 7.31. The predicted octanol–water partition coefficient (Wildman–Crippen LogP) is 5.83. The molecule has 0 radical (unpaired) electrons. The zero-order valence-electron chi connectivity index (χ0n) is 20.8. The number of methoxy groups -OCH3 is 1. The highest BCUT2D eigenvalue weighted by Crippen LogP contribution is 2.40. The summed E-state index contributed by atoms with van der Waals surface area (Å²) in [4.78, 5) is 17.1. The largest absolute Gasteiger partial charge is 0.508 e. The molecule has 1 saturated heterocycles. The minimum absolute atomic E-state index is 0.0267. The number of aryl methyl sites for hydroxylation is 1. The van der Waals surface area contributed by atoms with Gasteiger partial charge < -0.3 is 19.1 Å². The van der Waals surface area contributed by atoms with E-state index in [1.807, 2.05) is 19.1 Å². The minimum atomic E-state index is -0.419. The second kappa shape index (κ2) is 9.06. The first-order valence-electron chi connectivity index (χ1n) is 11.9. The van der Waals surface area contributed by atoms with Crippen LogP contribution in [-0.4, -0.2) is 41.0 Å². The molecule has 2 heterocycles. The van der Waals surface area contributed by atoms with Gasteiger partial charge in [-0.25, -0.2) is 14.2 Å². The van der Waals surface area contributed by atoms with E-state index in [0.717, 1.165) is 27.7 Å². The fourth-order valence-corrected chi connectivity index (χ4v) is 5.07. The van der Waals surface area contributed by atoms with Gasteiger partial charge in [0.15, 0.2) is 0 Å². The molecule has 0 saturated carbocycles. The highest BCUT2D eigenvalue weighted by Gasteiger charge is 2.39. The molecule has 1 atom stereocenters. The Kier molecular flexibility index (Phi) is 6.04. The van der Waals surface area contributed by atoms with Crippen molar-refractivity contribution in [1.82, 2.24) is 9.55 Å². The molecule has 0 unspecified atom stereocenters. The lowest BCUT2D eigenvalue weighted by atomic mass is 9.87. The fourth-order valence-electron chi connectivity index (χ4n) is 5.07. The third-order valence-electron chi connectivity index (χ3n) is 7.05. The van der Waals surface area contributed by atoms with Crippen molar-refractivity contribution in [2.24, 2.45) is 5.41 Å². The Labute approximate surface area is 209 Å². The molecule has 5 rings (SSSR count). The van der Waals surface area contributed by atoms with Gasteiger partial charge in [0.05, 0.1) is 43.0 Å². The number of imidazole rings is 1. The molecular formula is C29H29FN2O4. The van der Waals surface area contributed by atoms with Crippen LogP contribution in [0.25, 0.3) is 22.2 Å². The molecule has 186 valence electrons. The van der Waals surface area contributed by atoms with Gasteiger partial charge in [-0.05, 0) is 65.6 Å². The van der Waals surface area contributed by atoms with E-state index in [1.54, 1.807) is 36.4 Å². The molecule has 0 amide bonds. The van der Waals surface area contributed by atoms with Gasteiger partial charge in [0.1, 0.15) is 17.4 Å². The number of phenols is 1. The number of hydrogen-bond acceptors (Lipinski definition) is 5. The van der Waals surface area contributed by atoms with Crippen LogP contribution in [0.4, 0.5) is 4.39 Å². The molecular weight excluding hydrogens is 459 g/mol. The smallest absolute Gasteiger partial charge is 0.337 e. The number of esters is 1. The number of rotatable bonds is 5. The van der Waals surface area contributed by atoms with Crippen molar-refractivity contribution in [3.8, 4) is 16.9 Å². The van der Waals surface area contributed by atoms with Crippen molar-refractivity contribution in [2.75, 3.05) is 20.3 Å². The molecule has 0 bridgehead atoms. The lowest BCUT2D eigenvalue weighted by Gasteiger charge is -2.28. The first-order valence-corrected chi connectivity index (χ1v) is 11.9. The van der Waals surface area contributed by atoms with Gasteiger partial charge in [-0.15, -0.1) is 0 Å². The molecule has 1 aliphatic heterocycles. The van der Waals surface area contributed by atoms with Crippen molar-refractivity contribution in [3.63, 3.8) is 0 Å². The van der Waals surface area contributed by atoms with Gasteiger partial charge in [-0.3, -0.25) is 0 Å². The van der Waals surface area contributed by atoms with Gasteiger partial charge in [0, 0.05) is 11.8 Å². The summed E-state index contributed by atoms with van der Waals surface area (Å²) in [5.41, 5.74) is 4.71. The number of carbonyl (C=O) groups excluding carboxylic acids is 1. The number of ether oxygens (including phenoxy) is 2. The van der Waals surface area contributed by atoms with E-state index in [4.69, 9.17) is 14.5 Å². The minimum Gasteiger partial charge on any atom is -0.508 e. The molecule has 1 N–H and O–H groups in total. The summed E-state index contributed by atoms with van der Waals surface area (Å²) < 4.78 is 28.3. The molecule has 0 spiro atoms. The third kappa shape index (κ3) is 4.24. The van der Waals surface area contributed by atoms with Crippen LogP contribution < -0.4 is 0 Å². The maximum atomic E-state index is 15.4. The quantitative estimate of drug-likeness (QED) is 0.358. The number of aromatic nitrogens is 2. The Balaban J connectivity index is 1.61. The standard InChI is InChI=1S/C29H29FN2O4/c1-17-10-20(23(30)14-22(17)18-6-5-7-21(33)11-18)13-27-31-24-9-8-19(28(34)35-4)12-25(24)32(27)26-15-36-16-29(26,2)3/h5-12,14,26,33H,13,15-16H2,1-4H3/t26-/m1/s1. The van der Waals surface area contributed by atoms with Gasteiger partial charge in [0.2, 0.25) is 0 Å². The summed E-state index contributed by atoms with van der Waals surface area (Å²) in [6.07, 6.45) is 0.280. The molecule has 1 fully saturated rings. The zero-order valence-corrected chi connectivity index (χ0v) is 20.8. The van der Waals surface area contributed by atoms with E-state index in [0.29, 0.717) is 30.2 Å². The van der Waals surface area contributed by atoms with Gasteiger partial charge in [0.25, 0.3) is 0 Å². The lowest BCUT2D eigenvalue weighted by Crippen LogP contribution is -2.27. The summed E-state index contributed by atoms with van der Waals surface area (Å²) in [7, 11) is 1.36. The second-order valence-electron chi connectivity index (χ2n) is 10.1. The maximum Gasteiger partial charge on any atom is 0.337 e. The number of aromatic hydroxyl groups is 1. The Morgan fingerprint density at radius 2 is 2.03 bits per heavy atom. The number of nitrogens with zero attached hydrogens (tertiary/aromatic N) is 2. The summed E-state index contributed by atoms with van der Waals surface area (Å²) in [6, 6.07) is 15.4. The third-order valence-corrected chi connectivity index (χ3v) is 7.05. The van der Waals surface area contributed by atoms with Crippen LogP contribution in [0.5, 0.6) is 5.75 Å². The highest BCUT2D eigenvalue weighted by molar-refractivity contribution is 5.93. The van der Waals surface area contributed by atoms with E-state index in [1.165, 1.54) is 13.2 Å². The predicted molar refractivity (Wildman–Crippen MR) is 136 cm³/mol. The zero-order chi connectivity index (χ0) is 25.6. The summed E-state index contributed by atoms with van der Waals surface area (Å²) >= 11 is 0. The Bertz CT molecular complexity index is 1470. The van der Waals surface area contributed by atoms with E-state index in [-0.39, 0.29) is 29.4 Å². The molecule has 3 aromatic carbocycles. The number of carbonyl (C=O) groups is 1. The lowest BCUT2D eigenvalue weighted by molar-refractivity contribution is 0.0601. The summed E-state index contributed by atoms with van der Waals surface area (Å²) in [5, 5.41) is 9.86. The average molecular weight is 489 g/mol. The van der Waals surface area contributed by atoms with Gasteiger partial charge in [-0.1, -0.05) is 32.0 Å². The Morgan fingerprint density at radius 3 is 2.72 bits per heavy atom. The van der Waals surface area contributed by atoms with Crippen molar-refractivity contribution >= 4 is 17.0 Å². The van der Waals surface area contributed by atoms with E-state index < -0.39 is 5.97 Å². The van der Waals surface area contributed by atoms with Crippen LogP contribution in [0.15, 0.2) is 54.6 Å². The van der Waals surface area contributed by atoms with Crippen LogP contribution in [0.3, 0.4) is 0 Å². The van der Waals surface area contributed by atoms with Crippen LogP contribution >= 0.6 is 0 Å². The van der Waals surface area contributed by atoms with Crippen molar-refractivity contribution in [1.29, 1.82) is 0 Å². The SMILES string of the molecule is COC(=O)c1ccc2nc(Cc3cc(C)c(-c4cccc(O)c4)cc3F)n([C@@H]3COCC3(C)C)c2c1. The number of fused-ring (bicyclic) bond motifs is 1. The number of hydrogen-bond donors (Lipinski definition) is 1. The van der Waals surface area contributed by atoms with E-state index >= 15 is 4.39 Å². The van der Waals surface area contributed by atoms with Gasteiger partial charge >= 0.3 is 5.97 Å². The van der Waals surface area contributed by atoms with Crippen LogP contribution in [0.2, 0.25) is 0 Å². The summed E-state index contributed by atoms with van der Waals surface area (Å²) in [5.74, 6) is 0.0869. The monoisotopic (exact) mass is 488 g/mol. The highest BCUT2D eigenvalue weighted by atomic mass is 19.1. The Hall–Kier alpha value is -3.71. The molecule has 7 heteroatoms. The van der Waals surface area contributed by atoms with E-state index in [9.17, 15) is 9.90 Å². The van der Waals surface area contributed by atoms with E-state index in [2.05, 4.69) is 18.4 Å². The molecule has 4 aromatic rings. The van der Waals surface area contributed by atoms with Gasteiger partial charge in [-0.2, -0.15) is 0 Å². The first-order chi connectivity index (χ1) is 17.2. The molecule has 6 nitrogen and oxygen atoms in total. The normalized spacial score (nSPS) is 17.0. The maximum absolute atomic E-state index is 15.4. The first kappa shape index (κ1) is 24.0. The molecule has 1 aromatic heterocycles. The number of phenolic OH excluding ortho intramolecular Hbond substituents is 1. The number of benzene rings is 3. The molecule has 1 aliphatic rings.